The van der Waals surface area contributed by atoms with Crippen molar-refractivity contribution in [3.63, 3.8) is 0 Å². The fraction of sp³-hybridized carbons (Fsp3) is 0.0909. The van der Waals surface area contributed by atoms with Crippen LogP contribution < -0.4 is 11.2 Å². The van der Waals surface area contributed by atoms with E-state index in [-0.39, 0.29) is 16.4 Å². The predicted octanol–water partition coefficient (Wildman–Crippen LogP) is 1.53. The summed E-state index contributed by atoms with van der Waals surface area (Å²) in [5, 5.41) is 10.4. The number of aromatic nitrogens is 2. The second-order valence-corrected chi connectivity index (χ2v) is 4.28. The van der Waals surface area contributed by atoms with Crippen molar-refractivity contribution in [3.8, 4) is 5.69 Å². The van der Waals surface area contributed by atoms with Crippen LogP contribution in [0.15, 0.2) is 27.8 Å². The summed E-state index contributed by atoms with van der Waals surface area (Å²) in [7, 11) is 0. The third kappa shape index (κ3) is 2.21. The summed E-state index contributed by atoms with van der Waals surface area (Å²) < 4.78 is 14.2. The molecule has 0 atom stereocenters. The van der Waals surface area contributed by atoms with Crippen molar-refractivity contribution in [2.75, 3.05) is 0 Å². The number of nitro benzene ring substituents is 1. The zero-order chi connectivity index (χ0) is 15.0. The maximum Gasteiger partial charge on any atom is 0.334 e. The van der Waals surface area contributed by atoms with Gasteiger partial charge in [0.2, 0.25) is 5.82 Å². The van der Waals surface area contributed by atoms with E-state index < -0.39 is 27.7 Å². The van der Waals surface area contributed by atoms with Gasteiger partial charge in [-0.3, -0.25) is 19.9 Å². The molecule has 0 unspecified atom stereocenters. The van der Waals surface area contributed by atoms with Gasteiger partial charge < -0.3 is 0 Å². The second kappa shape index (κ2) is 4.89. The molecule has 1 heterocycles. The third-order valence-corrected chi connectivity index (χ3v) is 3.04. The highest BCUT2D eigenvalue weighted by Gasteiger charge is 2.17. The molecule has 0 radical (unpaired) electrons. The predicted molar refractivity (Wildman–Crippen MR) is 69.0 cm³/mol. The number of H-pyrrole nitrogens is 1. The highest BCUT2D eigenvalue weighted by molar-refractivity contribution is 6.30. The van der Waals surface area contributed by atoms with Crippen molar-refractivity contribution >= 4 is 17.3 Å². The van der Waals surface area contributed by atoms with Crippen LogP contribution in [0.5, 0.6) is 0 Å². The van der Waals surface area contributed by atoms with Crippen molar-refractivity contribution in [3.05, 3.63) is 65.7 Å². The van der Waals surface area contributed by atoms with Gasteiger partial charge in [0.15, 0.2) is 0 Å². The summed E-state index contributed by atoms with van der Waals surface area (Å²) in [6, 6.07) is 2.72. The van der Waals surface area contributed by atoms with Gasteiger partial charge in [-0.2, -0.15) is 4.39 Å². The minimum Gasteiger partial charge on any atom is -0.297 e. The first-order valence-electron chi connectivity index (χ1n) is 5.28. The smallest absolute Gasteiger partial charge is 0.297 e. The first-order valence-corrected chi connectivity index (χ1v) is 5.66. The molecule has 0 aliphatic heterocycles. The zero-order valence-electron chi connectivity index (χ0n) is 10.0. The number of nitrogens with one attached hydrogen (secondary N) is 1. The molecular formula is C11H7ClFN3O4. The SMILES string of the molecule is Cc1c(Cl)[nH]c(=O)n(-c2ccc([N+](=O)[O-])c(F)c2)c1=O. The van der Waals surface area contributed by atoms with E-state index in [0.29, 0.717) is 4.57 Å². The van der Waals surface area contributed by atoms with Crippen LogP contribution in [0, 0.1) is 22.9 Å². The lowest BCUT2D eigenvalue weighted by Crippen LogP contribution is -2.35. The van der Waals surface area contributed by atoms with E-state index in [2.05, 4.69) is 4.98 Å². The topological polar surface area (TPSA) is 98.0 Å². The van der Waals surface area contributed by atoms with Gasteiger partial charge in [0.25, 0.3) is 5.56 Å². The first-order chi connectivity index (χ1) is 9.32. The number of benzene rings is 1. The Hall–Kier alpha value is -2.48. The molecule has 0 bridgehead atoms. The van der Waals surface area contributed by atoms with Gasteiger partial charge >= 0.3 is 11.4 Å². The van der Waals surface area contributed by atoms with E-state index in [9.17, 15) is 24.1 Å². The molecule has 0 fully saturated rings. The van der Waals surface area contributed by atoms with Crippen LogP contribution in [-0.2, 0) is 0 Å². The highest BCUT2D eigenvalue weighted by atomic mass is 35.5. The third-order valence-electron chi connectivity index (χ3n) is 2.66. The number of halogens is 2. The van der Waals surface area contributed by atoms with Crippen LogP contribution in [0.25, 0.3) is 5.69 Å². The Bertz CT molecular complexity index is 827. The summed E-state index contributed by atoms with van der Waals surface area (Å²) in [4.78, 5) is 35.5. The zero-order valence-corrected chi connectivity index (χ0v) is 10.8. The van der Waals surface area contributed by atoms with E-state index in [1.165, 1.54) is 6.92 Å². The van der Waals surface area contributed by atoms with Crippen LogP contribution in [0.1, 0.15) is 5.56 Å². The molecule has 0 saturated heterocycles. The monoisotopic (exact) mass is 299 g/mol. The molecule has 0 spiro atoms. The van der Waals surface area contributed by atoms with Gasteiger partial charge in [-0.1, -0.05) is 11.6 Å². The molecule has 0 aliphatic carbocycles. The normalized spacial score (nSPS) is 10.6. The van der Waals surface area contributed by atoms with Crippen molar-refractivity contribution < 1.29 is 9.31 Å². The number of hydrogen-bond donors (Lipinski definition) is 1. The van der Waals surface area contributed by atoms with Crippen molar-refractivity contribution in [1.82, 2.24) is 9.55 Å². The molecule has 0 aliphatic rings. The Morgan fingerprint density at radius 1 is 1.40 bits per heavy atom. The summed E-state index contributed by atoms with van der Waals surface area (Å²) in [6.07, 6.45) is 0. The lowest BCUT2D eigenvalue weighted by Gasteiger charge is -2.06. The van der Waals surface area contributed by atoms with Crippen molar-refractivity contribution in [1.29, 1.82) is 0 Å². The summed E-state index contributed by atoms with van der Waals surface area (Å²) >= 11 is 5.64. The first kappa shape index (κ1) is 13.9. The Morgan fingerprint density at radius 2 is 2.05 bits per heavy atom. The van der Waals surface area contributed by atoms with E-state index in [1.807, 2.05) is 0 Å². The van der Waals surface area contributed by atoms with Gasteiger partial charge in [0, 0.05) is 12.1 Å². The van der Waals surface area contributed by atoms with Gasteiger partial charge in [0.05, 0.1) is 16.2 Å². The summed E-state index contributed by atoms with van der Waals surface area (Å²) in [5.41, 5.74) is -2.39. The van der Waals surface area contributed by atoms with E-state index >= 15 is 0 Å². The highest BCUT2D eigenvalue weighted by Crippen LogP contribution is 2.19. The fourth-order valence-corrected chi connectivity index (χ4v) is 1.78. The molecule has 1 N–H and O–H groups in total. The largest absolute Gasteiger partial charge is 0.334 e. The lowest BCUT2D eigenvalue weighted by atomic mass is 10.2. The Balaban J connectivity index is 2.74. The summed E-state index contributed by atoms with van der Waals surface area (Å²) in [5.74, 6) is -1.15. The molecule has 0 saturated carbocycles. The van der Waals surface area contributed by atoms with E-state index in [1.54, 1.807) is 0 Å². The van der Waals surface area contributed by atoms with Gasteiger partial charge in [-0.05, 0) is 13.0 Å². The number of nitrogens with zero attached hydrogens (tertiary/aromatic N) is 2. The Kier molecular flexibility index (Phi) is 3.41. The fourth-order valence-electron chi connectivity index (χ4n) is 1.61. The van der Waals surface area contributed by atoms with Crippen LogP contribution in [0.3, 0.4) is 0 Å². The van der Waals surface area contributed by atoms with Gasteiger partial charge in [-0.25, -0.2) is 9.36 Å². The van der Waals surface area contributed by atoms with Crippen LogP contribution in [-0.4, -0.2) is 14.5 Å². The Morgan fingerprint density at radius 3 is 2.60 bits per heavy atom. The average molecular weight is 300 g/mol. The molecule has 1 aromatic heterocycles. The number of aromatic amines is 1. The molecule has 9 heteroatoms. The molecule has 20 heavy (non-hydrogen) atoms. The number of nitro groups is 1. The molecule has 1 aromatic carbocycles. The van der Waals surface area contributed by atoms with Crippen molar-refractivity contribution in [2.24, 2.45) is 0 Å². The quantitative estimate of drug-likeness (QED) is 0.516. The summed E-state index contributed by atoms with van der Waals surface area (Å²) in [6.45, 7) is 1.39. The van der Waals surface area contributed by atoms with Gasteiger partial charge in [0.1, 0.15) is 5.15 Å². The molecule has 2 aromatic rings. The number of rotatable bonds is 2. The van der Waals surface area contributed by atoms with Gasteiger partial charge in [-0.15, -0.1) is 0 Å². The molecule has 7 nitrogen and oxygen atoms in total. The second-order valence-electron chi connectivity index (χ2n) is 3.90. The van der Waals surface area contributed by atoms with E-state index in [4.69, 9.17) is 11.6 Å². The molecule has 0 amide bonds. The molecule has 104 valence electrons. The minimum absolute atomic E-state index is 0.0741. The standard InChI is InChI=1S/C11H7ClFN3O4/c1-5-9(12)14-11(18)15(10(5)17)6-2-3-8(16(19)20)7(13)4-6/h2-4H,1H3,(H,14,18). The number of hydrogen-bond acceptors (Lipinski definition) is 4. The maximum atomic E-state index is 13.5. The van der Waals surface area contributed by atoms with Crippen LogP contribution in [0.2, 0.25) is 5.15 Å². The lowest BCUT2D eigenvalue weighted by molar-refractivity contribution is -0.387. The van der Waals surface area contributed by atoms with Crippen LogP contribution >= 0.6 is 11.6 Å². The maximum absolute atomic E-state index is 13.5. The average Bonchev–Trinajstić information content (AvgIpc) is 2.36. The molecular weight excluding hydrogens is 293 g/mol. The Labute approximate surface area is 115 Å². The minimum atomic E-state index is -1.15. The van der Waals surface area contributed by atoms with E-state index in [0.717, 1.165) is 18.2 Å². The molecule has 2 rings (SSSR count). The van der Waals surface area contributed by atoms with Crippen LogP contribution in [0.4, 0.5) is 10.1 Å². The van der Waals surface area contributed by atoms with Crippen molar-refractivity contribution in [2.45, 2.75) is 6.92 Å².